The minimum Gasteiger partial charge on any atom is -0.350 e. The SMILES string of the molecule is CCc1cc(C(=O)NCC(Br)CC(C)C)n(C)n1. The van der Waals surface area contributed by atoms with Crippen LogP contribution < -0.4 is 5.32 Å². The molecule has 1 aromatic rings. The number of nitrogens with zero attached hydrogens (tertiary/aromatic N) is 2. The molecule has 5 heteroatoms. The molecule has 102 valence electrons. The Hall–Kier alpha value is -0.840. The number of carbonyl (C=O) groups is 1. The Bertz CT molecular complexity index is 401. The number of carbonyl (C=O) groups excluding carboxylic acids is 1. The normalized spacial score (nSPS) is 12.8. The largest absolute Gasteiger partial charge is 0.350 e. The molecular formula is C13H22BrN3O. The van der Waals surface area contributed by atoms with Crippen LogP contribution in [0.15, 0.2) is 6.07 Å². The van der Waals surface area contributed by atoms with Crippen molar-refractivity contribution in [2.45, 2.75) is 38.4 Å². The molecule has 1 amide bonds. The molecule has 18 heavy (non-hydrogen) atoms. The van der Waals surface area contributed by atoms with E-state index in [-0.39, 0.29) is 5.91 Å². The van der Waals surface area contributed by atoms with Crippen LogP contribution in [0.4, 0.5) is 0 Å². The van der Waals surface area contributed by atoms with E-state index in [4.69, 9.17) is 0 Å². The molecule has 1 N–H and O–H groups in total. The number of halogens is 1. The second kappa shape index (κ2) is 6.92. The molecule has 0 aliphatic carbocycles. The third-order valence-electron chi connectivity index (χ3n) is 2.74. The first-order valence-electron chi connectivity index (χ1n) is 6.39. The molecule has 0 spiro atoms. The van der Waals surface area contributed by atoms with E-state index in [0.717, 1.165) is 18.5 Å². The summed E-state index contributed by atoms with van der Waals surface area (Å²) in [6, 6.07) is 1.85. The summed E-state index contributed by atoms with van der Waals surface area (Å²) in [7, 11) is 1.80. The van der Waals surface area contributed by atoms with Crippen molar-refractivity contribution in [3.05, 3.63) is 17.5 Å². The minimum atomic E-state index is -0.0575. The van der Waals surface area contributed by atoms with Gasteiger partial charge in [0.05, 0.1) is 5.69 Å². The highest BCUT2D eigenvalue weighted by Gasteiger charge is 2.14. The van der Waals surface area contributed by atoms with E-state index < -0.39 is 0 Å². The predicted molar refractivity (Wildman–Crippen MR) is 77.1 cm³/mol. The van der Waals surface area contributed by atoms with Crippen molar-refractivity contribution in [1.82, 2.24) is 15.1 Å². The quantitative estimate of drug-likeness (QED) is 0.820. The molecule has 1 unspecified atom stereocenters. The zero-order valence-electron chi connectivity index (χ0n) is 11.5. The lowest BCUT2D eigenvalue weighted by molar-refractivity contribution is 0.0944. The summed E-state index contributed by atoms with van der Waals surface area (Å²) < 4.78 is 1.64. The average Bonchev–Trinajstić information content (AvgIpc) is 2.66. The van der Waals surface area contributed by atoms with Crippen LogP contribution >= 0.6 is 15.9 Å². The maximum Gasteiger partial charge on any atom is 0.269 e. The van der Waals surface area contributed by atoms with E-state index in [9.17, 15) is 4.79 Å². The van der Waals surface area contributed by atoms with Crippen molar-refractivity contribution >= 4 is 21.8 Å². The number of aryl methyl sites for hydroxylation is 2. The summed E-state index contributed by atoms with van der Waals surface area (Å²) in [5.74, 6) is 0.563. The van der Waals surface area contributed by atoms with Crippen molar-refractivity contribution < 1.29 is 4.79 Å². The molecule has 0 aromatic carbocycles. The van der Waals surface area contributed by atoms with Gasteiger partial charge in [-0.3, -0.25) is 9.48 Å². The average molecular weight is 316 g/mol. The van der Waals surface area contributed by atoms with Crippen LogP contribution in [0.5, 0.6) is 0 Å². The van der Waals surface area contributed by atoms with Gasteiger partial charge in [0.15, 0.2) is 0 Å². The van der Waals surface area contributed by atoms with Gasteiger partial charge in [0.25, 0.3) is 5.91 Å². The standard InChI is InChI=1S/C13H22BrN3O/c1-5-11-7-12(17(4)16-11)13(18)15-8-10(14)6-9(2)3/h7,9-10H,5-6,8H2,1-4H3,(H,15,18). The topological polar surface area (TPSA) is 46.9 Å². The zero-order chi connectivity index (χ0) is 13.7. The number of nitrogens with one attached hydrogen (secondary N) is 1. The molecule has 1 heterocycles. The Labute approximate surface area is 117 Å². The van der Waals surface area contributed by atoms with Crippen molar-refractivity contribution in [2.75, 3.05) is 6.54 Å². The predicted octanol–water partition coefficient (Wildman–Crippen LogP) is 2.52. The van der Waals surface area contributed by atoms with Crippen LogP contribution in [0.3, 0.4) is 0 Å². The Morgan fingerprint density at radius 2 is 2.22 bits per heavy atom. The smallest absolute Gasteiger partial charge is 0.269 e. The van der Waals surface area contributed by atoms with E-state index in [0.29, 0.717) is 23.0 Å². The third-order valence-corrected chi connectivity index (χ3v) is 3.43. The maximum absolute atomic E-state index is 12.0. The lowest BCUT2D eigenvalue weighted by Crippen LogP contribution is -2.31. The monoisotopic (exact) mass is 315 g/mol. The molecule has 0 aliphatic rings. The first-order chi connectivity index (χ1) is 8.43. The Kier molecular flexibility index (Phi) is 5.85. The maximum atomic E-state index is 12.0. The molecule has 0 saturated carbocycles. The van der Waals surface area contributed by atoms with Gasteiger partial charge in [0, 0.05) is 18.4 Å². The number of hydrogen-bond donors (Lipinski definition) is 1. The van der Waals surface area contributed by atoms with Gasteiger partial charge in [-0.15, -0.1) is 0 Å². The number of alkyl halides is 1. The van der Waals surface area contributed by atoms with Crippen LogP contribution in [0.2, 0.25) is 0 Å². The highest BCUT2D eigenvalue weighted by Crippen LogP contribution is 2.12. The van der Waals surface area contributed by atoms with Gasteiger partial charge in [0.2, 0.25) is 0 Å². The van der Waals surface area contributed by atoms with Gasteiger partial charge in [-0.05, 0) is 24.8 Å². The van der Waals surface area contributed by atoms with Crippen molar-refractivity contribution in [3.8, 4) is 0 Å². The zero-order valence-corrected chi connectivity index (χ0v) is 13.1. The number of amides is 1. The fourth-order valence-corrected chi connectivity index (χ4v) is 2.71. The van der Waals surface area contributed by atoms with E-state index in [1.54, 1.807) is 11.7 Å². The van der Waals surface area contributed by atoms with Gasteiger partial charge in [0.1, 0.15) is 5.69 Å². The minimum absolute atomic E-state index is 0.0575. The lowest BCUT2D eigenvalue weighted by atomic mass is 10.1. The number of rotatable bonds is 6. The van der Waals surface area contributed by atoms with Crippen LogP contribution in [0.25, 0.3) is 0 Å². The molecule has 0 aliphatic heterocycles. The van der Waals surface area contributed by atoms with Crippen molar-refractivity contribution in [1.29, 1.82) is 0 Å². The van der Waals surface area contributed by atoms with Gasteiger partial charge in [-0.1, -0.05) is 36.7 Å². The Balaban J connectivity index is 2.52. The first kappa shape index (κ1) is 15.2. The number of hydrogen-bond acceptors (Lipinski definition) is 2. The van der Waals surface area contributed by atoms with Crippen LogP contribution in [-0.2, 0) is 13.5 Å². The number of aromatic nitrogens is 2. The second-order valence-electron chi connectivity index (χ2n) is 4.93. The summed E-state index contributed by atoms with van der Waals surface area (Å²) in [6.45, 7) is 7.01. The van der Waals surface area contributed by atoms with Crippen LogP contribution in [-0.4, -0.2) is 27.1 Å². The molecule has 4 nitrogen and oxygen atoms in total. The molecule has 0 fully saturated rings. The summed E-state index contributed by atoms with van der Waals surface area (Å²) in [6.07, 6.45) is 1.89. The van der Waals surface area contributed by atoms with E-state index in [1.807, 2.05) is 13.0 Å². The summed E-state index contributed by atoms with van der Waals surface area (Å²) in [5, 5.41) is 7.21. The van der Waals surface area contributed by atoms with Crippen molar-refractivity contribution in [2.24, 2.45) is 13.0 Å². The molecule has 1 atom stereocenters. The highest BCUT2D eigenvalue weighted by molar-refractivity contribution is 9.09. The summed E-state index contributed by atoms with van der Waals surface area (Å²) >= 11 is 3.58. The van der Waals surface area contributed by atoms with Crippen LogP contribution in [0.1, 0.15) is 43.4 Å². The second-order valence-corrected chi connectivity index (χ2v) is 6.23. The molecule has 0 bridgehead atoms. The summed E-state index contributed by atoms with van der Waals surface area (Å²) in [4.78, 5) is 12.3. The molecule has 0 radical (unpaired) electrons. The third kappa shape index (κ3) is 4.44. The molecular weight excluding hydrogens is 294 g/mol. The van der Waals surface area contributed by atoms with Gasteiger partial charge < -0.3 is 5.32 Å². The van der Waals surface area contributed by atoms with Gasteiger partial charge in [-0.2, -0.15) is 5.10 Å². The fraction of sp³-hybridized carbons (Fsp3) is 0.692. The van der Waals surface area contributed by atoms with Gasteiger partial charge >= 0.3 is 0 Å². The fourth-order valence-electron chi connectivity index (χ4n) is 1.80. The van der Waals surface area contributed by atoms with Crippen molar-refractivity contribution in [3.63, 3.8) is 0 Å². The summed E-state index contributed by atoms with van der Waals surface area (Å²) in [5.41, 5.74) is 1.57. The Morgan fingerprint density at radius 1 is 1.56 bits per heavy atom. The first-order valence-corrected chi connectivity index (χ1v) is 7.30. The highest BCUT2D eigenvalue weighted by atomic mass is 79.9. The molecule has 1 aromatic heterocycles. The van der Waals surface area contributed by atoms with Gasteiger partial charge in [-0.25, -0.2) is 0 Å². The van der Waals surface area contributed by atoms with E-state index >= 15 is 0 Å². The van der Waals surface area contributed by atoms with E-state index in [1.165, 1.54) is 0 Å². The molecule has 0 saturated heterocycles. The Morgan fingerprint density at radius 3 is 2.72 bits per heavy atom. The van der Waals surface area contributed by atoms with E-state index in [2.05, 4.69) is 40.2 Å². The van der Waals surface area contributed by atoms with Crippen LogP contribution in [0, 0.1) is 5.92 Å². The lowest BCUT2D eigenvalue weighted by Gasteiger charge is -2.13. The molecule has 1 rings (SSSR count).